The Balaban J connectivity index is 1.54. The molecule has 1 atom stereocenters. The fraction of sp³-hybridized carbons (Fsp3) is 0.158. The third-order valence-electron chi connectivity index (χ3n) is 4.22. The highest BCUT2D eigenvalue weighted by Gasteiger charge is 2.31. The number of anilines is 2. The van der Waals surface area contributed by atoms with Crippen LogP contribution in [-0.2, 0) is 6.42 Å². The molecule has 1 unspecified atom stereocenters. The second kappa shape index (κ2) is 6.22. The van der Waals surface area contributed by atoms with Crippen LogP contribution >= 0.6 is 11.3 Å². The van der Waals surface area contributed by atoms with E-state index >= 15 is 0 Å². The Labute approximate surface area is 148 Å². The molecule has 1 aliphatic rings. The van der Waals surface area contributed by atoms with Crippen LogP contribution in [0.5, 0.6) is 0 Å². The number of furan rings is 1. The van der Waals surface area contributed by atoms with Gasteiger partial charge in [-0.15, -0.1) is 11.3 Å². The molecule has 0 bridgehead atoms. The highest BCUT2D eigenvalue weighted by Crippen LogP contribution is 2.34. The first-order valence-corrected chi connectivity index (χ1v) is 8.81. The number of fused-ring (bicyclic) bond motifs is 1. The van der Waals surface area contributed by atoms with Crippen LogP contribution in [0, 0.1) is 0 Å². The number of thiophene rings is 1. The van der Waals surface area contributed by atoms with Crippen LogP contribution in [0.15, 0.2) is 59.2 Å². The van der Waals surface area contributed by atoms with Gasteiger partial charge in [0.05, 0.1) is 16.1 Å². The zero-order chi connectivity index (χ0) is 17.4. The normalized spacial score (nSPS) is 15.9. The number of nitrogens with one attached hydrogen (secondary N) is 1. The number of nitrogens with zero attached hydrogens (tertiary/aromatic N) is 1. The zero-order valence-corrected chi connectivity index (χ0v) is 14.4. The van der Waals surface area contributed by atoms with Gasteiger partial charge in [-0.2, -0.15) is 0 Å². The molecule has 4 rings (SSSR count). The van der Waals surface area contributed by atoms with Gasteiger partial charge in [0.1, 0.15) is 0 Å². The van der Waals surface area contributed by atoms with Gasteiger partial charge in [0.15, 0.2) is 5.76 Å². The molecule has 2 aromatic heterocycles. The Morgan fingerprint density at radius 3 is 2.80 bits per heavy atom. The van der Waals surface area contributed by atoms with E-state index in [2.05, 4.69) is 11.4 Å². The molecule has 0 fully saturated rings. The topological polar surface area (TPSA) is 62.6 Å². The first-order valence-electron chi connectivity index (χ1n) is 7.99. The molecular formula is C19H16N2O3S. The maximum atomic E-state index is 13.0. The number of carbonyl (C=O) groups excluding carboxylic acids is 2. The van der Waals surface area contributed by atoms with E-state index in [4.69, 9.17) is 4.42 Å². The lowest BCUT2D eigenvalue weighted by atomic mass is 10.1. The summed E-state index contributed by atoms with van der Waals surface area (Å²) in [4.78, 5) is 27.4. The van der Waals surface area contributed by atoms with Crippen LogP contribution in [-0.4, -0.2) is 17.9 Å². The van der Waals surface area contributed by atoms with Gasteiger partial charge in [-0.05, 0) is 49.2 Å². The number of carbonyl (C=O) groups is 2. The van der Waals surface area contributed by atoms with Crippen molar-refractivity contribution in [2.75, 3.05) is 10.2 Å². The van der Waals surface area contributed by atoms with E-state index < -0.39 is 0 Å². The van der Waals surface area contributed by atoms with Crippen molar-refractivity contribution in [2.24, 2.45) is 0 Å². The van der Waals surface area contributed by atoms with Crippen molar-refractivity contribution in [3.63, 3.8) is 0 Å². The predicted molar refractivity (Wildman–Crippen MR) is 97.4 cm³/mol. The van der Waals surface area contributed by atoms with Gasteiger partial charge in [-0.25, -0.2) is 0 Å². The van der Waals surface area contributed by atoms with Crippen LogP contribution in [0.1, 0.15) is 32.7 Å². The number of hydrogen-bond donors (Lipinski definition) is 1. The molecule has 126 valence electrons. The van der Waals surface area contributed by atoms with Gasteiger partial charge in [-0.3, -0.25) is 9.59 Å². The highest BCUT2D eigenvalue weighted by molar-refractivity contribution is 7.18. The summed E-state index contributed by atoms with van der Waals surface area (Å²) in [6.07, 6.45) is 2.31. The SMILES string of the molecule is CC1Cc2ccccc2N1C(=O)c1ccc(NC(=O)c2ccco2)s1. The minimum absolute atomic E-state index is 0.0408. The fourth-order valence-electron chi connectivity index (χ4n) is 3.09. The molecule has 1 aliphatic heterocycles. The maximum Gasteiger partial charge on any atom is 0.291 e. The van der Waals surface area contributed by atoms with Crippen molar-refractivity contribution < 1.29 is 14.0 Å². The minimum Gasteiger partial charge on any atom is -0.459 e. The van der Waals surface area contributed by atoms with Crippen molar-refractivity contribution in [2.45, 2.75) is 19.4 Å². The zero-order valence-electron chi connectivity index (χ0n) is 13.6. The highest BCUT2D eigenvalue weighted by atomic mass is 32.1. The molecular weight excluding hydrogens is 336 g/mol. The second-order valence-corrected chi connectivity index (χ2v) is 7.04. The van der Waals surface area contributed by atoms with E-state index in [0.29, 0.717) is 9.88 Å². The van der Waals surface area contributed by atoms with E-state index in [-0.39, 0.29) is 23.6 Å². The van der Waals surface area contributed by atoms with E-state index in [1.54, 1.807) is 24.3 Å². The molecule has 25 heavy (non-hydrogen) atoms. The molecule has 3 aromatic rings. The predicted octanol–water partition coefficient (Wildman–Crippen LogP) is 4.18. The third-order valence-corrected chi connectivity index (χ3v) is 5.21. The molecule has 2 amide bonds. The number of para-hydroxylation sites is 1. The van der Waals surface area contributed by atoms with E-state index in [0.717, 1.165) is 12.1 Å². The summed E-state index contributed by atoms with van der Waals surface area (Å²) in [5.41, 5.74) is 2.15. The second-order valence-electron chi connectivity index (χ2n) is 5.95. The molecule has 0 saturated carbocycles. The van der Waals surface area contributed by atoms with Crippen molar-refractivity contribution in [1.29, 1.82) is 0 Å². The summed E-state index contributed by atoms with van der Waals surface area (Å²) in [7, 11) is 0. The lowest BCUT2D eigenvalue weighted by Crippen LogP contribution is -2.35. The van der Waals surface area contributed by atoms with E-state index in [1.807, 2.05) is 30.0 Å². The molecule has 1 N–H and O–H groups in total. The number of amides is 2. The Hall–Kier alpha value is -2.86. The minimum atomic E-state index is -0.328. The van der Waals surface area contributed by atoms with Crippen LogP contribution in [0.3, 0.4) is 0 Å². The summed E-state index contributed by atoms with van der Waals surface area (Å²) < 4.78 is 5.07. The van der Waals surface area contributed by atoms with E-state index in [1.165, 1.54) is 23.2 Å². The lowest BCUT2D eigenvalue weighted by molar-refractivity contribution is 0.0981. The summed E-state index contributed by atoms with van der Waals surface area (Å²) in [5, 5.41) is 3.37. The number of rotatable bonds is 3. The fourth-order valence-corrected chi connectivity index (χ4v) is 3.93. The van der Waals surface area contributed by atoms with Crippen molar-refractivity contribution in [3.8, 4) is 0 Å². The molecule has 0 saturated heterocycles. The van der Waals surface area contributed by atoms with Crippen molar-refractivity contribution in [3.05, 3.63) is 71.0 Å². The van der Waals surface area contributed by atoms with Gasteiger partial charge in [0, 0.05) is 11.7 Å². The third kappa shape index (κ3) is 2.85. The summed E-state index contributed by atoms with van der Waals surface area (Å²) >= 11 is 1.27. The van der Waals surface area contributed by atoms with Crippen LogP contribution in [0.25, 0.3) is 0 Å². The molecule has 5 nitrogen and oxygen atoms in total. The summed E-state index contributed by atoms with van der Waals surface area (Å²) in [6.45, 7) is 2.05. The average molecular weight is 352 g/mol. The Kier molecular flexibility index (Phi) is 3.89. The van der Waals surface area contributed by atoms with Gasteiger partial charge in [0.2, 0.25) is 0 Å². The quantitative estimate of drug-likeness (QED) is 0.769. The average Bonchev–Trinajstić information content (AvgIpc) is 3.33. The smallest absolute Gasteiger partial charge is 0.291 e. The maximum absolute atomic E-state index is 13.0. The Morgan fingerprint density at radius 1 is 1.16 bits per heavy atom. The van der Waals surface area contributed by atoms with Crippen LogP contribution in [0.4, 0.5) is 10.7 Å². The van der Waals surface area contributed by atoms with Gasteiger partial charge in [-0.1, -0.05) is 18.2 Å². The van der Waals surface area contributed by atoms with Crippen molar-refractivity contribution in [1.82, 2.24) is 0 Å². The first kappa shape index (κ1) is 15.7. The molecule has 0 spiro atoms. The summed E-state index contributed by atoms with van der Waals surface area (Å²) in [6, 6.07) is 14.8. The molecule has 0 aliphatic carbocycles. The molecule has 0 radical (unpaired) electrons. The molecule has 6 heteroatoms. The number of hydrogen-bond acceptors (Lipinski definition) is 4. The first-order chi connectivity index (χ1) is 12.1. The largest absolute Gasteiger partial charge is 0.459 e. The number of benzene rings is 1. The van der Waals surface area contributed by atoms with Gasteiger partial charge >= 0.3 is 0 Å². The monoisotopic (exact) mass is 352 g/mol. The van der Waals surface area contributed by atoms with Gasteiger partial charge in [0.25, 0.3) is 11.8 Å². The van der Waals surface area contributed by atoms with E-state index in [9.17, 15) is 9.59 Å². The van der Waals surface area contributed by atoms with Crippen LogP contribution in [0.2, 0.25) is 0 Å². The lowest BCUT2D eigenvalue weighted by Gasteiger charge is -2.21. The summed E-state index contributed by atoms with van der Waals surface area (Å²) in [5.74, 6) is -0.130. The molecule has 1 aromatic carbocycles. The van der Waals surface area contributed by atoms with Crippen molar-refractivity contribution >= 4 is 33.8 Å². The Bertz CT molecular complexity index is 930. The Morgan fingerprint density at radius 2 is 2.00 bits per heavy atom. The standard InChI is InChI=1S/C19H16N2O3S/c1-12-11-13-5-2-3-6-14(13)21(12)19(23)16-8-9-17(25-16)20-18(22)15-7-4-10-24-15/h2-10,12H,11H2,1H3,(H,20,22). The van der Waals surface area contributed by atoms with Gasteiger partial charge < -0.3 is 14.6 Å². The molecule has 3 heterocycles. The van der Waals surface area contributed by atoms with Crippen LogP contribution < -0.4 is 10.2 Å².